The Morgan fingerprint density at radius 1 is 1.21 bits per heavy atom. The lowest BCUT2D eigenvalue weighted by atomic mass is 9.48. The molecule has 1 saturated heterocycles. The molecule has 0 amide bonds. The zero-order valence-corrected chi connectivity index (χ0v) is 19.8. The van der Waals surface area contributed by atoms with Gasteiger partial charge in [0.25, 0.3) is 0 Å². The molecule has 34 heavy (non-hydrogen) atoms. The number of aliphatic imine (C=N–C) groups is 1. The number of carboxylic acids is 1. The lowest BCUT2D eigenvalue weighted by molar-refractivity contribution is -0.166. The quantitative estimate of drug-likeness (QED) is 0.491. The lowest BCUT2D eigenvalue weighted by Gasteiger charge is -2.57. The van der Waals surface area contributed by atoms with Crippen molar-refractivity contribution >= 4 is 17.5 Å². The third-order valence-corrected chi connectivity index (χ3v) is 9.11. The standard InChI is InChI=1S/C26H34FN5O2/c1-25(6-7-28,32-10-8-31(9-11-32)21-4-2-20(27)3-5-21)23(29)30-22-18-12-17-13-19(22)16-26(14-17,15-18)24(33)34/h2-5,17-19,22H,6,8-16H2,1H3,(H2,29,30)(H,33,34). The Hall–Kier alpha value is -2.66. The van der Waals surface area contributed by atoms with Gasteiger partial charge in [-0.2, -0.15) is 5.26 Å². The molecule has 4 saturated carbocycles. The zero-order chi connectivity index (χ0) is 24.1. The number of carbonyl (C=O) groups is 1. The number of nitrogens with two attached hydrogens (primary N) is 1. The van der Waals surface area contributed by atoms with Crippen molar-refractivity contribution in [1.82, 2.24) is 4.90 Å². The second-order valence-corrected chi connectivity index (χ2v) is 11.1. The molecule has 4 aliphatic carbocycles. The van der Waals surface area contributed by atoms with E-state index in [0.29, 0.717) is 24.6 Å². The van der Waals surface area contributed by atoms with Gasteiger partial charge in [0.1, 0.15) is 11.7 Å². The minimum atomic E-state index is -0.664. The average Bonchev–Trinajstić information content (AvgIpc) is 2.81. The van der Waals surface area contributed by atoms with Crippen molar-refractivity contribution in [3.05, 3.63) is 30.1 Å². The molecule has 3 unspecified atom stereocenters. The number of carboxylic acid groups (broad SMARTS) is 1. The van der Waals surface area contributed by atoms with Crippen LogP contribution in [0.4, 0.5) is 10.1 Å². The maximum Gasteiger partial charge on any atom is 0.309 e. The summed E-state index contributed by atoms with van der Waals surface area (Å²) < 4.78 is 13.3. The summed E-state index contributed by atoms with van der Waals surface area (Å²) in [4.78, 5) is 21.6. The molecule has 4 bridgehead atoms. The van der Waals surface area contributed by atoms with Crippen LogP contribution < -0.4 is 10.6 Å². The second kappa shape index (κ2) is 8.53. The van der Waals surface area contributed by atoms with Gasteiger partial charge in [0.15, 0.2) is 0 Å². The van der Waals surface area contributed by atoms with Crippen molar-refractivity contribution in [2.45, 2.75) is 57.0 Å². The van der Waals surface area contributed by atoms with Crippen LogP contribution in [-0.2, 0) is 4.79 Å². The number of hydrogen-bond acceptors (Lipinski definition) is 5. The van der Waals surface area contributed by atoms with Gasteiger partial charge in [-0.05, 0) is 81.0 Å². The van der Waals surface area contributed by atoms with Gasteiger partial charge in [-0.25, -0.2) is 4.39 Å². The van der Waals surface area contributed by atoms with Crippen LogP contribution in [0.2, 0.25) is 0 Å². The smallest absolute Gasteiger partial charge is 0.309 e. The molecule has 182 valence electrons. The summed E-state index contributed by atoms with van der Waals surface area (Å²) in [5.74, 6) is 0.644. The summed E-state index contributed by atoms with van der Waals surface area (Å²) in [6.07, 6.45) is 4.54. The van der Waals surface area contributed by atoms with Crippen LogP contribution in [0.15, 0.2) is 29.3 Å². The molecule has 5 aliphatic rings. The van der Waals surface area contributed by atoms with Gasteiger partial charge < -0.3 is 15.7 Å². The Bertz CT molecular complexity index is 997. The highest BCUT2D eigenvalue weighted by atomic mass is 19.1. The molecule has 0 aromatic heterocycles. The van der Waals surface area contributed by atoms with E-state index in [1.165, 1.54) is 12.1 Å². The fourth-order valence-electron chi connectivity index (χ4n) is 7.40. The van der Waals surface area contributed by atoms with Crippen LogP contribution in [0.25, 0.3) is 0 Å². The summed E-state index contributed by atoms with van der Waals surface area (Å²) >= 11 is 0. The van der Waals surface area contributed by atoms with Crippen molar-refractivity contribution in [3.63, 3.8) is 0 Å². The molecule has 5 fully saturated rings. The summed E-state index contributed by atoms with van der Waals surface area (Å²) in [7, 11) is 0. The maximum absolute atomic E-state index is 13.3. The van der Waals surface area contributed by atoms with Crippen molar-refractivity contribution in [2.24, 2.45) is 33.9 Å². The third-order valence-electron chi connectivity index (χ3n) is 9.11. The number of aliphatic carboxylic acids is 1. The van der Waals surface area contributed by atoms with E-state index in [4.69, 9.17) is 10.7 Å². The number of anilines is 1. The average molecular weight is 468 g/mol. The molecular formula is C26H34FN5O2. The van der Waals surface area contributed by atoms with Gasteiger partial charge in [0, 0.05) is 31.9 Å². The van der Waals surface area contributed by atoms with Crippen LogP contribution in [0, 0.1) is 40.3 Å². The summed E-state index contributed by atoms with van der Waals surface area (Å²) in [5.41, 5.74) is 6.45. The third kappa shape index (κ3) is 3.84. The van der Waals surface area contributed by atoms with E-state index in [-0.39, 0.29) is 30.1 Å². The minimum Gasteiger partial charge on any atom is -0.481 e. The first-order valence-electron chi connectivity index (χ1n) is 12.4. The van der Waals surface area contributed by atoms with Crippen LogP contribution >= 0.6 is 0 Å². The van der Waals surface area contributed by atoms with Gasteiger partial charge in [0.05, 0.1) is 29.5 Å². The minimum absolute atomic E-state index is 0.0579. The highest BCUT2D eigenvalue weighted by molar-refractivity contribution is 5.90. The molecule has 0 radical (unpaired) electrons. The van der Waals surface area contributed by atoms with Crippen LogP contribution in [0.3, 0.4) is 0 Å². The number of nitrogens with zero attached hydrogens (tertiary/aromatic N) is 4. The number of rotatable bonds is 6. The van der Waals surface area contributed by atoms with E-state index in [2.05, 4.69) is 15.9 Å². The summed E-state index contributed by atoms with van der Waals surface area (Å²) in [6, 6.07) is 8.93. The van der Waals surface area contributed by atoms with E-state index in [1.807, 2.05) is 6.92 Å². The largest absolute Gasteiger partial charge is 0.481 e. The molecule has 6 rings (SSSR count). The van der Waals surface area contributed by atoms with Crippen molar-refractivity contribution in [2.75, 3.05) is 31.1 Å². The van der Waals surface area contributed by atoms with Gasteiger partial charge >= 0.3 is 5.97 Å². The summed E-state index contributed by atoms with van der Waals surface area (Å²) in [6.45, 7) is 4.99. The van der Waals surface area contributed by atoms with Crippen LogP contribution in [-0.4, -0.2) is 59.6 Å². The molecule has 8 heteroatoms. The molecule has 1 heterocycles. The Kier molecular flexibility index (Phi) is 5.79. The molecule has 1 aromatic rings. The monoisotopic (exact) mass is 467 g/mol. The fraction of sp³-hybridized carbons (Fsp3) is 0.654. The van der Waals surface area contributed by atoms with Gasteiger partial charge in [0.2, 0.25) is 0 Å². The lowest BCUT2D eigenvalue weighted by Crippen LogP contribution is -2.62. The Labute approximate surface area is 200 Å². The number of halogens is 1. The van der Waals surface area contributed by atoms with Gasteiger partial charge in [-0.1, -0.05) is 0 Å². The molecule has 0 spiro atoms. The van der Waals surface area contributed by atoms with E-state index < -0.39 is 16.9 Å². The topological polar surface area (TPSA) is 106 Å². The molecule has 7 nitrogen and oxygen atoms in total. The molecular weight excluding hydrogens is 433 g/mol. The molecule has 3 atom stereocenters. The zero-order valence-electron chi connectivity index (χ0n) is 19.8. The van der Waals surface area contributed by atoms with Crippen molar-refractivity contribution in [1.29, 1.82) is 5.26 Å². The first-order chi connectivity index (χ1) is 16.2. The Morgan fingerprint density at radius 3 is 2.38 bits per heavy atom. The predicted octanol–water partition coefficient (Wildman–Crippen LogP) is 3.26. The maximum atomic E-state index is 13.3. The first-order valence-corrected chi connectivity index (χ1v) is 12.4. The van der Waals surface area contributed by atoms with E-state index in [9.17, 15) is 19.6 Å². The second-order valence-electron chi connectivity index (χ2n) is 11.1. The predicted molar refractivity (Wildman–Crippen MR) is 128 cm³/mol. The highest BCUT2D eigenvalue weighted by Crippen LogP contribution is 2.61. The number of piperazine rings is 1. The van der Waals surface area contributed by atoms with E-state index >= 15 is 0 Å². The van der Waals surface area contributed by atoms with Crippen molar-refractivity contribution in [3.8, 4) is 6.07 Å². The van der Waals surface area contributed by atoms with E-state index in [0.717, 1.165) is 51.1 Å². The highest BCUT2D eigenvalue weighted by Gasteiger charge is 2.59. The van der Waals surface area contributed by atoms with Crippen LogP contribution in [0.5, 0.6) is 0 Å². The first kappa shape index (κ1) is 23.1. The van der Waals surface area contributed by atoms with E-state index in [1.54, 1.807) is 12.1 Å². The molecule has 1 aliphatic heterocycles. The number of hydrogen-bond donors (Lipinski definition) is 2. The van der Waals surface area contributed by atoms with Gasteiger partial charge in [-0.3, -0.25) is 14.7 Å². The normalized spacial score (nSPS) is 35.1. The number of nitriles is 1. The fourth-order valence-corrected chi connectivity index (χ4v) is 7.40. The molecule has 1 aromatic carbocycles. The van der Waals surface area contributed by atoms with Crippen LogP contribution in [0.1, 0.15) is 45.4 Å². The number of amidine groups is 1. The SMILES string of the molecule is CC(CC#N)(C(N)=NC1C2CC3CC1CC(C(=O)O)(C3)C2)N1CCN(c2ccc(F)cc2)CC1. The van der Waals surface area contributed by atoms with Crippen molar-refractivity contribution < 1.29 is 14.3 Å². The van der Waals surface area contributed by atoms with Gasteiger partial charge in [-0.15, -0.1) is 0 Å². The Morgan fingerprint density at radius 2 is 1.82 bits per heavy atom. The Balaban J connectivity index is 1.32. The summed E-state index contributed by atoms with van der Waals surface area (Å²) in [5, 5.41) is 19.5. The molecule has 3 N–H and O–H groups in total. The number of benzene rings is 1.